The van der Waals surface area contributed by atoms with Crippen LogP contribution in [-0.4, -0.2) is 32.9 Å². The first-order valence-corrected chi connectivity index (χ1v) is 11.5. The van der Waals surface area contributed by atoms with Crippen LogP contribution in [0.4, 0.5) is 5.69 Å². The minimum absolute atomic E-state index is 0.0310. The van der Waals surface area contributed by atoms with Crippen LogP contribution >= 0.6 is 23.2 Å². The van der Waals surface area contributed by atoms with Crippen molar-refractivity contribution < 1.29 is 17.9 Å². The Hall–Kier alpha value is -2.74. The van der Waals surface area contributed by atoms with Gasteiger partial charge in [0.2, 0.25) is 0 Å². The molecule has 0 saturated carbocycles. The van der Waals surface area contributed by atoms with Gasteiger partial charge in [0.25, 0.3) is 15.9 Å². The second-order valence-corrected chi connectivity index (χ2v) is 9.31. The van der Waals surface area contributed by atoms with Crippen molar-refractivity contribution in [1.82, 2.24) is 4.90 Å². The smallest absolute Gasteiger partial charge is 0.261 e. The van der Waals surface area contributed by atoms with Crippen LogP contribution in [0.1, 0.15) is 5.56 Å². The maximum atomic E-state index is 12.6. The predicted octanol–water partition coefficient (Wildman–Crippen LogP) is 4.83. The van der Waals surface area contributed by atoms with Gasteiger partial charge in [-0.3, -0.25) is 9.52 Å². The fourth-order valence-electron chi connectivity index (χ4n) is 2.74. The molecule has 1 amide bonds. The second-order valence-electron chi connectivity index (χ2n) is 6.76. The highest BCUT2D eigenvalue weighted by Gasteiger charge is 2.16. The lowest BCUT2D eigenvalue weighted by Gasteiger charge is -2.17. The minimum Gasteiger partial charge on any atom is -0.484 e. The first-order chi connectivity index (χ1) is 14.7. The zero-order chi connectivity index (χ0) is 22.4. The van der Waals surface area contributed by atoms with Crippen molar-refractivity contribution in [2.24, 2.45) is 0 Å². The van der Waals surface area contributed by atoms with Crippen molar-refractivity contribution in [2.45, 2.75) is 11.4 Å². The SMILES string of the molecule is CN(Cc1ccccc1)C(=O)COc1ccc(S(=O)(=O)Nc2cc(Cl)cc(Cl)c2)cc1. The van der Waals surface area contributed by atoms with Crippen molar-refractivity contribution in [2.75, 3.05) is 18.4 Å². The van der Waals surface area contributed by atoms with Crippen LogP contribution in [0.15, 0.2) is 77.7 Å². The Morgan fingerprint density at radius 1 is 0.968 bits per heavy atom. The zero-order valence-electron chi connectivity index (χ0n) is 16.6. The van der Waals surface area contributed by atoms with Gasteiger partial charge in [-0.25, -0.2) is 8.42 Å². The van der Waals surface area contributed by atoms with Crippen LogP contribution in [0, 0.1) is 0 Å². The van der Waals surface area contributed by atoms with E-state index in [4.69, 9.17) is 27.9 Å². The van der Waals surface area contributed by atoms with E-state index in [1.807, 2.05) is 30.3 Å². The lowest BCUT2D eigenvalue weighted by molar-refractivity contribution is -0.132. The molecule has 0 aliphatic carbocycles. The number of amides is 1. The largest absolute Gasteiger partial charge is 0.484 e. The van der Waals surface area contributed by atoms with Gasteiger partial charge >= 0.3 is 0 Å². The molecular weight excluding hydrogens is 459 g/mol. The van der Waals surface area contributed by atoms with Crippen LogP contribution in [-0.2, 0) is 21.4 Å². The minimum atomic E-state index is -3.84. The molecule has 3 aromatic carbocycles. The number of nitrogens with zero attached hydrogens (tertiary/aromatic N) is 1. The number of halogens is 2. The predicted molar refractivity (Wildman–Crippen MR) is 122 cm³/mol. The number of nitrogens with one attached hydrogen (secondary N) is 1. The number of benzene rings is 3. The van der Waals surface area contributed by atoms with Gasteiger partial charge in [-0.1, -0.05) is 53.5 Å². The number of hydrogen-bond donors (Lipinski definition) is 1. The van der Waals surface area contributed by atoms with Crippen LogP contribution in [0.3, 0.4) is 0 Å². The number of rotatable bonds is 8. The normalized spacial score (nSPS) is 11.1. The molecule has 0 atom stereocenters. The summed E-state index contributed by atoms with van der Waals surface area (Å²) in [6.07, 6.45) is 0. The van der Waals surface area contributed by atoms with Crippen LogP contribution < -0.4 is 9.46 Å². The summed E-state index contributed by atoms with van der Waals surface area (Å²) in [4.78, 5) is 13.9. The molecule has 0 bridgehead atoms. The summed E-state index contributed by atoms with van der Waals surface area (Å²) >= 11 is 11.8. The van der Waals surface area contributed by atoms with Gasteiger partial charge < -0.3 is 9.64 Å². The molecule has 9 heteroatoms. The lowest BCUT2D eigenvalue weighted by Crippen LogP contribution is -2.30. The Bertz CT molecular complexity index is 1130. The van der Waals surface area contributed by atoms with Crippen molar-refractivity contribution in [3.63, 3.8) is 0 Å². The third kappa shape index (κ3) is 6.62. The molecule has 3 aromatic rings. The Labute approximate surface area is 191 Å². The second kappa shape index (κ2) is 10.0. The van der Waals surface area contributed by atoms with Gasteiger partial charge in [-0.2, -0.15) is 0 Å². The molecule has 0 aliphatic rings. The van der Waals surface area contributed by atoms with Crippen LogP contribution in [0.25, 0.3) is 0 Å². The van der Waals surface area contributed by atoms with E-state index in [0.29, 0.717) is 22.3 Å². The summed E-state index contributed by atoms with van der Waals surface area (Å²) in [5.74, 6) is 0.186. The molecular formula is C22H20Cl2N2O4S. The van der Waals surface area contributed by atoms with Crippen LogP contribution in [0.2, 0.25) is 10.0 Å². The molecule has 31 heavy (non-hydrogen) atoms. The number of carbonyl (C=O) groups is 1. The number of ether oxygens (including phenoxy) is 1. The maximum absolute atomic E-state index is 12.6. The number of anilines is 1. The Morgan fingerprint density at radius 3 is 2.19 bits per heavy atom. The summed E-state index contributed by atoms with van der Waals surface area (Å²) in [5, 5.41) is 0.631. The summed E-state index contributed by atoms with van der Waals surface area (Å²) < 4.78 is 33.1. The number of sulfonamides is 1. The van der Waals surface area contributed by atoms with E-state index in [1.165, 1.54) is 42.5 Å². The van der Waals surface area contributed by atoms with Gasteiger partial charge in [0, 0.05) is 23.6 Å². The van der Waals surface area contributed by atoms with Gasteiger partial charge in [0.05, 0.1) is 10.6 Å². The Morgan fingerprint density at radius 2 is 1.58 bits per heavy atom. The Balaban J connectivity index is 1.58. The quantitative estimate of drug-likeness (QED) is 0.502. The molecule has 3 rings (SSSR count). The third-order valence-electron chi connectivity index (χ3n) is 4.30. The molecule has 1 N–H and O–H groups in total. The molecule has 0 spiro atoms. The average Bonchev–Trinajstić information content (AvgIpc) is 2.72. The molecule has 0 fully saturated rings. The molecule has 0 saturated heterocycles. The first-order valence-electron chi connectivity index (χ1n) is 9.22. The fourth-order valence-corrected chi connectivity index (χ4v) is 4.31. The fraction of sp³-hybridized carbons (Fsp3) is 0.136. The standard InChI is InChI=1S/C22H20Cl2N2O4S/c1-26(14-16-5-3-2-4-6-16)22(27)15-30-20-7-9-21(10-8-20)31(28,29)25-19-12-17(23)11-18(24)13-19/h2-13,25H,14-15H2,1H3. The highest BCUT2D eigenvalue weighted by molar-refractivity contribution is 7.92. The number of hydrogen-bond acceptors (Lipinski definition) is 4. The van der Waals surface area contributed by atoms with Crippen molar-refractivity contribution in [1.29, 1.82) is 0 Å². The van der Waals surface area contributed by atoms with Crippen molar-refractivity contribution in [3.05, 3.63) is 88.4 Å². The van der Waals surface area contributed by atoms with E-state index in [1.54, 1.807) is 11.9 Å². The van der Waals surface area contributed by atoms with Crippen LogP contribution in [0.5, 0.6) is 5.75 Å². The van der Waals surface area contributed by atoms with Crippen molar-refractivity contribution >= 4 is 44.8 Å². The lowest BCUT2D eigenvalue weighted by atomic mass is 10.2. The van der Waals surface area contributed by atoms with E-state index in [2.05, 4.69) is 4.72 Å². The Kier molecular flexibility index (Phi) is 7.43. The molecule has 0 unspecified atom stereocenters. The zero-order valence-corrected chi connectivity index (χ0v) is 18.9. The number of carbonyl (C=O) groups excluding carboxylic acids is 1. The van der Waals surface area contributed by atoms with E-state index in [9.17, 15) is 13.2 Å². The molecule has 6 nitrogen and oxygen atoms in total. The molecule has 0 heterocycles. The highest BCUT2D eigenvalue weighted by atomic mass is 35.5. The maximum Gasteiger partial charge on any atom is 0.261 e. The van der Waals surface area contributed by atoms with Gasteiger partial charge in [-0.15, -0.1) is 0 Å². The van der Waals surface area contributed by atoms with Gasteiger partial charge in [0.1, 0.15) is 5.75 Å². The molecule has 162 valence electrons. The molecule has 0 aliphatic heterocycles. The molecule has 0 aromatic heterocycles. The monoisotopic (exact) mass is 478 g/mol. The van der Waals surface area contributed by atoms with Gasteiger partial charge in [-0.05, 0) is 48.0 Å². The van der Waals surface area contributed by atoms with E-state index in [-0.39, 0.29) is 23.1 Å². The van der Waals surface area contributed by atoms with E-state index < -0.39 is 10.0 Å². The molecule has 0 radical (unpaired) electrons. The topological polar surface area (TPSA) is 75.7 Å². The van der Waals surface area contributed by atoms with Crippen molar-refractivity contribution in [3.8, 4) is 5.75 Å². The summed E-state index contributed by atoms with van der Waals surface area (Å²) in [6.45, 7) is 0.314. The summed E-state index contributed by atoms with van der Waals surface area (Å²) in [6, 6.07) is 19.8. The third-order valence-corrected chi connectivity index (χ3v) is 6.13. The van der Waals surface area contributed by atoms with E-state index in [0.717, 1.165) is 5.56 Å². The van der Waals surface area contributed by atoms with E-state index >= 15 is 0 Å². The summed E-state index contributed by atoms with van der Waals surface area (Å²) in [5.41, 5.74) is 1.27. The highest BCUT2D eigenvalue weighted by Crippen LogP contribution is 2.25. The van der Waals surface area contributed by atoms with Gasteiger partial charge in [0.15, 0.2) is 6.61 Å². The summed E-state index contributed by atoms with van der Waals surface area (Å²) in [7, 11) is -2.14. The first kappa shape index (κ1) is 22.9. The number of likely N-dealkylation sites (N-methyl/N-ethyl adjacent to an activating group) is 1. The average molecular weight is 479 g/mol.